The number of nitriles is 1. The second kappa shape index (κ2) is 10.4. The van der Waals surface area contributed by atoms with Gasteiger partial charge >= 0.3 is 12.1 Å². The largest absolute Gasteiger partial charge is 0.481 e. The molecule has 1 aliphatic carbocycles. The van der Waals surface area contributed by atoms with E-state index in [1.54, 1.807) is 36.5 Å². The Morgan fingerprint density at radius 3 is 2.43 bits per heavy atom. The lowest BCUT2D eigenvalue weighted by molar-refractivity contribution is -0.148. The van der Waals surface area contributed by atoms with Crippen LogP contribution in [0.25, 0.3) is 11.1 Å². The molecule has 1 amide bonds. The molecule has 2 N–H and O–H groups in total. The molecule has 0 saturated heterocycles. The number of pyridine rings is 1. The lowest BCUT2D eigenvalue weighted by atomic mass is 9.69. The van der Waals surface area contributed by atoms with E-state index in [1.165, 1.54) is 6.20 Å². The van der Waals surface area contributed by atoms with E-state index in [0.717, 1.165) is 11.6 Å². The van der Waals surface area contributed by atoms with Crippen LogP contribution in [0.2, 0.25) is 0 Å². The maximum absolute atomic E-state index is 14.3. The summed E-state index contributed by atoms with van der Waals surface area (Å²) in [6.45, 7) is 0. The summed E-state index contributed by atoms with van der Waals surface area (Å²) in [5.74, 6) is -5.86. The van der Waals surface area contributed by atoms with E-state index in [4.69, 9.17) is 0 Å². The van der Waals surface area contributed by atoms with Gasteiger partial charge in [0.1, 0.15) is 5.82 Å². The zero-order valence-corrected chi connectivity index (χ0v) is 19.3. The number of carbonyl (C=O) groups excluding carboxylic acids is 1. The molecule has 0 unspecified atom stereocenters. The van der Waals surface area contributed by atoms with Crippen molar-refractivity contribution in [1.82, 2.24) is 4.98 Å². The quantitative estimate of drug-likeness (QED) is 0.409. The highest BCUT2D eigenvalue weighted by atomic mass is 19.4. The SMILES string of the molecule is N#Cc1ccncc1-c1ccc([C@H]2CCC[C@@H](C(=O)Nc3ccc(C(F)(F)F)cc3F)[C@@H]2C(=O)O)cc1. The predicted molar refractivity (Wildman–Crippen MR) is 126 cm³/mol. The predicted octanol–water partition coefficient (Wildman–Crippen LogP) is 6.00. The Morgan fingerprint density at radius 1 is 1.08 bits per heavy atom. The lowest BCUT2D eigenvalue weighted by Crippen LogP contribution is -2.40. The van der Waals surface area contributed by atoms with Crippen LogP contribution in [-0.2, 0) is 15.8 Å². The molecule has 1 heterocycles. The molecule has 6 nitrogen and oxygen atoms in total. The van der Waals surface area contributed by atoms with E-state index in [0.29, 0.717) is 35.6 Å². The molecule has 10 heteroatoms. The molecule has 0 bridgehead atoms. The lowest BCUT2D eigenvalue weighted by Gasteiger charge is -2.35. The maximum atomic E-state index is 14.3. The molecule has 0 aliphatic heterocycles. The molecule has 0 spiro atoms. The molecule has 3 atom stereocenters. The first kappa shape index (κ1) is 25.8. The van der Waals surface area contributed by atoms with E-state index in [-0.39, 0.29) is 12.5 Å². The van der Waals surface area contributed by atoms with Crippen LogP contribution in [0.1, 0.15) is 41.9 Å². The Morgan fingerprint density at radius 2 is 1.81 bits per heavy atom. The highest BCUT2D eigenvalue weighted by molar-refractivity contribution is 5.95. The van der Waals surface area contributed by atoms with E-state index in [2.05, 4.69) is 16.4 Å². The van der Waals surface area contributed by atoms with E-state index < -0.39 is 52.9 Å². The number of carboxylic acid groups (broad SMARTS) is 1. The molecule has 2 aromatic carbocycles. The summed E-state index contributed by atoms with van der Waals surface area (Å²) in [6.07, 6.45) is -0.388. The van der Waals surface area contributed by atoms with Gasteiger partial charge in [-0.1, -0.05) is 30.7 Å². The first-order valence-corrected chi connectivity index (χ1v) is 11.4. The Hall–Kier alpha value is -4.26. The summed E-state index contributed by atoms with van der Waals surface area (Å²) >= 11 is 0. The Labute approximate surface area is 209 Å². The zero-order valence-electron chi connectivity index (χ0n) is 19.3. The van der Waals surface area contributed by atoms with Crippen molar-refractivity contribution in [3.8, 4) is 17.2 Å². The smallest absolute Gasteiger partial charge is 0.416 e. The third-order valence-corrected chi connectivity index (χ3v) is 6.66. The van der Waals surface area contributed by atoms with Gasteiger partial charge in [0, 0.05) is 18.0 Å². The minimum Gasteiger partial charge on any atom is -0.481 e. The number of aromatic nitrogens is 1. The number of rotatable bonds is 5. The summed E-state index contributed by atoms with van der Waals surface area (Å²) in [6, 6.07) is 12.5. The summed E-state index contributed by atoms with van der Waals surface area (Å²) in [7, 11) is 0. The van der Waals surface area contributed by atoms with E-state index in [1.807, 2.05) is 0 Å². The molecule has 1 aromatic heterocycles. The molecule has 1 saturated carbocycles. The van der Waals surface area contributed by atoms with Crippen molar-refractivity contribution in [2.75, 3.05) is 5.32 Å². The topological polar surface area (TPSA) is 103 Å². The summed E-state index contributed by atoms with van der Waals surface area (Å²) in [5, 5.41) is 21.6. The summed E-state index contributed by atoms with van der Waals surface area (Å²) in [4.78, 5) is 29.3. The van der Waals surface area contributed by atoms with E-state index >= 15 is 0 Å². The fourth-order valence-corrected chi connectivity index (χ4v) is 4.86. The molecule has 1 fully saturated rings. The van der Waals surface area contributed by atoms with Gasteiger partial charge < -0.3 is 10.4 Å². The average Bonchev–Trinajstić information content (AvgIpc) is 2.88. The number of nitrogens with one attached hydrogen (secondary N) is 1. The van der Waals surface area contributed by atoms with Crippen LogP contribution in [0, 0.1) is 29.0 Å². The van der Waals surface area contributed by atoms with Gasteiger partial charge in [-0.15, -0.1) is 0 Å². The van der Waals surface area contributed by atoms with Crippen molar-refractivity contribution in [3.63, 3.8) is 0 Å². The van der Waals surface area contributed by atoms with Crippen LogP contribution < -0.4 is 5.32 Å². The van der Waals surface area contributed by atoms with Gasteiger partial charge in [0.2, 0.25) is 5.91 Å². The number of carbonyl (C=O) groups is 2. The number of halogens is 4. The van der Waals surface area contributed by atoms with Gasteiger partial charge in [0.05, 0.1) is 34.7 Å². The minimum absolute atomic E-state index is 0.237. The molecule has 3 aromatic rings. The number of nitrogens with zero attached hydrogens (tertiary/aromatic N) is 2. The fourth-order valence-electron chi connectivity index (χ4n) is 4.86. The minimum atomic E-state index is -4.74. The highest BCUT2D eigenvalue weighted by Crippen LogP contribution is 2.43. The van der Waals surface area contributed by atoms with Crippen LogP contribution >= 0.6 is 0 Å². The van der Waals surface area contributed by atoms with Crippen molar-refractivity contribution in [2.24, 2.45) is 11.8 Å². The third-order valence-electron chi connectivity index (χ3n) is 6.66. The van der Waals surface area contributed by atoms with Crippen LogP contribution in [0.15, 0.2) is 60.9 Å². The van der Waals surface area contributed by atoms with Crippen LogP contribution in [-0.4, -0.2) is 22.0 Å². The van der Waals surface area contributed by atoms with Gasteiger partial charge in [-0.25, -0.2) is 4.39 Å². The van der Waals surface area contributed by atoms with E-state index in [9.17, 15) is 37.5 Å². The number of hydrogen-bond acceptors (Lipinski definition) is 4. The average molecular weight is 511 g/mol. The van der Waals surface area contributed by atoms with Crippen molar-refractivity contribution in [2.45, 2.75) is 31.4 Å². The van der Waals surface area contributed by atoms with Crippen molar-refractivity contribution in [3.05, 3.63) is 83.4 Å². The Balaban J connectivity index is 1.57. The fraction of sp³-hybridized carbons (Fsp3) is 0.259. The van der Waals surface area contributed by atoms with Crippen molar-refractivity contribution in [1.29, 1.82) is 5.26 Å². The van der Waals surface area contributed by atoms with Crippen LogP contribution in [0.4, 0.5) is 23.2 Å². The van der Waals surface area contributed by atoms with Gasteiger partial charge in [-0.05, 0) is 54.2 Å². The van der Waals surface area contributed by atoms with Crippen molar-refractivity contribution >= 4 is 17.6 Å². The summed E-state index contributed by atoms with van der Waals surface area (Å²) < 4.78 is 52.7. The number of hydrogen-bond donors (Lipinski definition) is 2. The molecular weight excluding hydrogens is 490 g/mol. The van der Waals surface area contributed by atoms with Crippen LogP contribution in [0.3, 0.4) is 0 Å². The monoisotopic (exact) mass is 511 g/mol. The standard InChI is InChI=1S/C27H21F4N3O3/c28-22-12-18(27(29,30)31)8-9-23(22)34-25(35)20-3-1-2-19(24(20)26(36)37)15-4-6-16(7-5-15)21-14-33-11-10-17(21)13-32/h4-12,14,19-20,24H,1-3H2,(H,34,35)(H,36,37)/t19-,20-,24-/m1/s1. The van der Waals surface area contributed by atoms with Gasteiger partial charge in [0.25, 0.3) is 0 Å². The first-order chi connectivity index (χ1) is 17.6. The first-order valence-electron chi connectivity index (χ1n) is 11.4. The van der Waals surface area contributed by atoms with Crippen molar-refractivity contribution < 1.29 is 32.3 Å². The van der Waals surface area contributed by atoms with Gasteiger partial charge in [-0.3, -0.25) is 14.6 Å². The normalized spacial score (nSPS) is 19.6. The summed E-state index contributed by atoms with van der Waals surface area (Å²) in [5.41, 5.74) is 0.848. The maximum Gasteiger partial charge on any atom is 0.416 e. The molecule has 1 aliphatic rings. The molecule has 37 heavy (non-hydrogen) atoms. The Kier molecular flexibility index (Phi) is 7.25. The number of aliphatic carboxylic acids is 1. The number of anilines is 1. The zero-order chi connectivity index (χ0) is 26.7. The molecule has 190 valence electrons. The van der Waals surface area contributed by atoms with Gasteiger partial charge in [-0.2, -0.15) is 18.4 Å². The third kappa shape index (κ3) is 5.45. The second-order valence-corrected chi connectivity index (χ2v) is 8.84. The number of carboxylic acids is 1. The highest BCUT2D eigenvalue weighted by Gasteiger charge is 2.43. The number of benzene rings is 2. The van der Waals surface area contributed by atoms with Gasteiger partial charge in [0.15, 0.2) is 0 Å². The number of alkyl halides is 3. The molecular formula is C27H21F4N3O3. The van der Waals surface area contributed by atoms with Crippen LogP contribution in [0.5, 0.6) is 0 Å². The Bertz CT molecular complexity index is 1370. The molecule has 4 rings (SSSR count). The molecule has 0 radical (unpaired) electrons. The number of amides is 1. The second-order valence-electron chi connectivity index (χ2n) is 8.84.